The summed E-state index contributed by atoms with van der Waals surface area (Å²) in [7, 11) is 0. The zero-order valence-electron chi connectivity index (χ0n) is 14.3. The third-order valence-electron chi connectivity index (χ3n) is 4.13. The van der Waals surface area contributed by atoms with Gasteiger partial charge in [0.2, 0.25) is 5.91 Å². The van der Waals surface area contributed by atoms with Crippen LogP contribution in [0, 0.1) is 23.4 Å². The van der Waals surface area contributed by atoms with Gasteiger partial charge in [-0.3, -0.25) is 9.69 Å². The Morgan fingerprint density at radius 1 is 1.32 bits per heavy atom. The van der Waals surface area contributed by atoms with E-state index in [0.29, 0.717) is 5.92 Å². The highest BCUT2D eigenvalue weighted by molar-refractivity contribution is 5.92. The van der Waals surface area contributed by atoms with Crippen molar-refractivity contribution in [1.29, 1.82) is 0 Å². The van der Waals surface area contributed by atoms with Crippen molar-refractivity contribution in [3.63, 3.8) is 0 Å². The Morgan fingerprint density at radius 2 is 2.08 bits per heavy atom. The Balaban J connectivity index is 0.00000312. The maximum absolute atomic E-state index is 13.6. The van der Waals surface area contributed by atoms with Gasteiger partial charge in [-0.25, -0.2) is 13.2 Å². The Hall–Kier alpha value is -1.31. The minimum Gasteiger partial charge on any atom is -0.322 e. The topological polar surface area (TPSA) is 44.4 Å². The van der Waals surface area contributed by atoms with Crippen molar-refractivity contribution in [1.82, 2.24) is 10.2 Å². The predicted octanol–water partition coefficient (Wildman–Crippen LogP) is 3.18. The zero-order valence-corrected chi connectivity index (χ0v) is 15.1. The number of carbonyl (C=O) groups is 1. The standard InChI is InChI=1S/C17H24F3N3O.ClH/c1-2-8-23(10-12-4-3-7-21-9-12)11-15(24)22-14-6-5-13(18)16(19)17(14)20;/h5-6,12,21H,2-4,7-11H2,1H3,(H,22,24);1H. The summed E-state index contributed by atoms with van der Waals surface area (Å²) in [4.78, 5) is 14.2. The zero-order chi connectivity index (χ0) is 17.5. The normalized spacial score (nSPS) is 17.2. The first-order valence-electron chi connectivity index (χ1n) is 8.37. The van der Waals surface area contributed by atoms with Crippen LogP contribution in [0.25, 0.3) is 0 Å². The number of rotatable bonds is 7. The van der Waals surface area contributed by atoms with E-state index in [1.54, 1.807) is 0 Å². The largest absolute Gasteiger partial charge is 0.322 e. The highest BCUT2D eigenvalue weighted by Crippen LogP contribution is 2.19. The van der Waals surface area contributed by atoms with Crippen LogP contribution in [-0.4, -0.2) is 43.5 Å². The van der Waals surface area contributed by atoms with Crippen LogP contribution in [0.3, 0.4) is 0 Å². The molecule has 2 N–H and O–H groups in total. The summed E-state index contributed by atoms with van der Waals surface area (Å²) in [5, 5.41) is 5.67. The van der Waals surface area contributed by atoms with Gasteiger partial charge in [0.15, 0.2) is 17.5 Å². The number of nitrogens with one attached hydrogen (secondary N) is 2. The fourth-order valence-corrected chi connectivity index (χ4v) is 3.01. The average Bonchev–Trinajstić information content (AvgIpc) is 2.56. The van der Waals surface area contributed by atoms with Gasteiger partial charge in [-0.15, -0.1) is 12.4 Å². The third-order valence-corrected chi connectivity index (χ3v) is 4.13. The highest BCUT2D eigenvalue weighted by Gasteiger charge is 2.20. The van der Waals surface area contributed by atoms with Crippen LogP contribution in [0.2, 0.25) is 0 Å². The van der Waals surface area contributed by atoms with E-state index in [1.807, 2.05) is 11.8 Å². The van der Waals surface area contributed by atoms with Crippen LogP contribution in [0.4, 0.5) is 18.9 Å². The predicted molar refractivity (Wildman–Crippen MR) is 94.5 cm³/mol. The number of anilines is 1. The molecule has 1 aromatic rings. The lowest BCUT2D eigenvalue weighted by molar-refractivity contribution is -0.117. The maximum Gasteiger partial charge on any atom is 0.238 e. The van der Waals surface area contributed by atoms with Crippen molar-refractivity contribution >= 4 is 24.0 Å². The molecule has 1 atom stereocenters. The molecule has 1 fully saturated rings. The van der Waals surface area contributed by atoms with Crippen LogP contribution < -0.4 is 10.6 Å². The molecule has 2 rings (SSSR count). The van der Waals surface area contributed by atoms with Gasteiger partial charge in [0.1, 0.15) is 0 Å². The fraction of sp³-hybridized carbons (Fsp3) is 0.588. The quantitative estimate of drug-likeness (QED) is 0.715. The van der Waals surface area contributed by atoms with Gasteiger partial charge in [0.25, 0.3) is 0 Å². The summed E-state index contributed by atoms with van der Waals surface area (Å²) in [5.41, 5.74) is -0.338. The van der Waals surface area contributed by atoms with E-state index in [4.69, 9.17) is 0 Å². The van der Waals surface area contributed by atoms with Crippen molar-refractivity contribution in [2.24, 2.45) is 5.92 Å². The summed E-state index contributed by atoms with van der Waals surface area (Å²) < 4.78 is 39.8. The van der Waals surface area contributed by atoms with Crippen molar-refractivity contribution in [2.75, 3.05) is 38.0 Å². The second-order valence-electron chi connectivity index (χ2n) is 6.22. The molecule has 1 aromatic carbocycles. The summed E-state index contributed by atoms with van der Waals surface area (Å²) in [6.07, 6.45) is 3.14. The first-order chi connectivity index (χ1) is 11.5. The van der Waals surface area contributed by atoms with E-state index in [9.17, 15) is 18.0 Å². The second kappa shape index (κ2) is 10.6. The number of halogens is 4. The number of carbonyl (C=O) groups excluding carboxylic acids is 1. The Labute approximate surface area is 152 Å². The summed E-state index contributed by atoms with van der Waals surface area (Å²) >= 11 is 0. The fourth-order valence-electron chi connectivity index (χ4n) is 3.01. The summed E-state index contributed by atoms with van der Waals surface area (Å²) in [6, 6.07) is 1.83. The molecule has 0 saturated carbocycles. The highest BCUT2D eigenvalue weighted by atomic mass is 35.5. The molecule has 1 saturated heterocycles. The van der Waals surface area contributed by atoms with Gasteiger partial charge in [0.05, 0.1) is 12.2 Å². The third kappa shape index (κ3) is 6.49. The number of benzene rings is 1. The second-order valence-corrected chi connectivity index (χ2v) is 6.22. The maximum atomic E-state index is 13.6. The van der Waals surface area contributed by atoms with Crippen molar-refractivity contribution in [2.45, 2.75) is 26.2 Å². The molecule has 1 aliphatic rings. The number of piperidine rings is 1. The molecule has 0 aromatic heterocycles. The van der Waals surface area contributed by atoms with Gasteiger partial charge < -0.3 is 10.6 Å². The van der Waals surface area contributed by atoms with Crippen molar-refractivity contribution in [3.8, 4) is 0 Å². The molecule has 1 amide bonds. The van der Waals surface area contributed by atoms with E-state index in [2.05, 4.69) is 10.6 Å². The number of hydrogen-bond acceptors (Lipinski definition) is 3. The Bertz CT molecular complexity index is 568. The van der Waals surface area contributed by atoms with Gasteiger partial charge in [-0.05, 0) is 56.9 Å². The molecule has 25 heavy (non-hydrogen) atoms. The number of hydrogen-bond donors (Lipinski definition) is 2. The van der Waals surface area contributed by atoms with Crippen LogP contribution >= 0.6 is 12.4 Å². The average molecular weight is 380 g/mol. The van der Waals surface area contributed by atoms with Gasteiger partial charge >= 0.3 is 0 Å². The minimum atomic E-state index is -1.58. The SMILES string of the molecule is CCCN(CC(=O)Nc1ccc(F)c(F)c1F)CC1CCCNC1.Cl. The van der Waals surface area contributed by atoms with E-state index >= 15 is 0 Å². The van der Waals surface area contributed by atoms with Gasteiger partial charge in [0, 0.05) is 6.54 Å². The van der Waals surface area contributed by atoms with Crippen LogP contribution in [-0.2, 0) is 4.79 Å². The van der Waals surface area contributed by atoms with Crippen molar-refractivity contribution < 1.29 is 18.0 Å². The molecule has 1 aliphatic heterocycles. The molecular weight excluding hydrogens is 355 g/mol. The lowest BCUT2D eigenvalue weighted by Crippen LogP contribution is -2.41. The lowest BCUT2D eigenvalue weighted by atomic mass is 9.99. The van der Waals surface area contributed by atoms with Gasteiger partial charge in [-0.2, -0.15) is 0 Å². The first-order valence-corrected chi connectivity index (χ1v) is 8.37. The van der Waals surface area contributed by atoms with E-state index in [0.717, 1.165) is 57.6 Å². The van der Waals surface area contributed by atoms with E-state index in [1.165, 1.54) is 0 Å². The number of amides is 1. The molecule has 1 unspecified atom stereocenters. The van der Waals surface area contributed by atoms with Crippen LogP contribution in [0.15, 0.2) is 12.1 Å². The van der Waals surface area contributed by atoms with E-state index < -0.39 is 23.4 Å². The van der Waals surface area contributed by atoms with Crippen LogP contribution in [0.5, 0.6) is 0 Å². The summed E-state index contributed by atoms with van der Waals surface area (Å²) in [6.45, 7) is 5.63. The Morgan fingerprint density at radius 3 is 2.72 bits per heavy atom. The monoisotopic (exact) mass is 379 g/mol. The molecular formula is C17H25ClF3N3O. The minimum absolute atomic E-state index is 0. The van der Waals surface area contributed by atoms with E-state index in [-0.39, 0.29) is 24.6 Å². The molecule has 0 radical (unpaired) electrons. The van der Waals surface area contributed by atoms with Crippen LogP contribution in [0.1, 0.15) is 26.2 Å². The molecule has 0 spiro atoms. The molecule has 4 nitrogen and oxygen atoms in total. The summed E-state index contributed by atoms with van der Waals surface area (Å²) in [5.74, 6) is -4.17. The molecule has 0 aliphatic carbocycles. The Kier molecular flexibility index (Phi) is 9.24. The molecule has 8 heteroatoms. The smallest absolute Gasteiger partial charge is 0.238 e. The molecule has 1 heterocycles. The van der Waals surface area contributed by atoms with Gasteiger partial charge in [-0.1, -0.05) is 6.92 Å². The molecule has 0 bridgehead atoms. The first kappa shape index (κ1) is 21.7. The lowest BCUT2D eigenvalue weighted by Gasteiger charge is -2.29. The molecule has 142 valence electrons. The number of nitrogens with zero attached hydrogens (tertiary/aromatic N) is 1. The van der Waals surface area contributed by atoms with Crippen molar-refractivity contribution in [3.05, 3.63) is 29.6 Å².